The van der Waals surface area contributed by atoms with E-state index in [0.29, 0.717) is 0 Å². The molecular formula is C78H98. The monoisotopic (exact) mass is 1030 g/mol. The zero-order chi connectivity index (χ0) is 57.8. The fourth-order valence-electron chi connectivity index (χ4n) is 13.0. The van der Waals surface area contributed by atoms with Crippen LogP contribution in [0.4, 0.5) is 0 Å². The van der Waals surface area contributed by atoms with Gasteiger partial charge in [0.05, 0.1) is 0 Å². The van der Waals surface area contributed by atoms with Gasteiger partial charge in [-0.15, -0.1) is 0 Å². The standard InChI is InChI=1S/C52H54.C18H20.4C2H6/c1-27-17-28(2)37(11)50(18-27)52-40-14-16-42(52)38(12)49(26-40)47-23-32(6)45(22-33(47)7)43-20-31(5)44(21-30(43)4)46-24-35(9)48(25-34(46)8)51-39-13-15-41(51)36(10)29(3)19-39;1-11-5-8-17(13(3)12(11)2)18-10-15-6-7-16(9-15)14(18)4;4*1-2/h17-26H,13-16H2,1-12H3;5,8-10H,6-7H2,1-4H3;4*1-2H3. The van der Waals surface area contributed by atoms with E-state index in [4.69, 9.17) is 0 Å². The molecule has 0 nitrogen and oxygen atoms in total. The van der Waals surface area contributed by atoms with E-state index in [1.54, 1.807) is 16.7 Å². The van der Waals surface area contributed by atoms with E-state index < -0.39 is 0 Å². The molecule has 0 radical (unpaired) electrons. The molecule has 410 valence electrons. The normalized spacial score (nSPS) is 12.1. The summed E-state index contributed by atoms with van der Waals surface area (Å²) in [5, 5.41) is 0. The number of aryl methyl sites for hydroxylation is 14. The van der Waals surface area contributed by atoms with Gasteiger partial charge in [0.1, 0.15) is 0 Å². The van der Waals surface area contributed by atoms with Crippen LogP contribution in [0.25, 0.3) is 66.8 Å². The zero-order valence-corrected chi connectivity index (χ0v) is 53.3. The molecule has 0 amide bonds. The lowest BCUT2D eigenvalue weighted by Crippen LogP contribution is -1.99. The van der Waals surface area contributed by atoms with Crippen LogP contribution in [-0.2, 0) is 38.5 Å². The summed E-state index contributed by atoms with van der Waals surface area (Å²) in [6, 6.07) is 33.7. The van der Waals surface area contributed by atoms with E-state index >= 15 is 0 Å². The smallest absolute Gasteiger partial charge is 0.0114 e. The highest BCUT2D eigenvalue weighted by Crippen LogP contribution is 2.47. The largest absolute Gasteiger partial charge is 0.0683 e. The van der Waals surface area contributed by atoms with Crippen molar-refractivity contribution in [2.24, 2.45) is 0 Å². The fraction of sp³-hybridized carbons (Fsp3) is 0.385. The van der Waals surface area contributed by atoms with E-state index in [9.17, 15) is 0 Å². The van der Waals surface area contributed by atoms with Crippen molar-refractivity contribution >= 4 is 0 Å². The first kappa shape index (κ1) is 61.0. The molecule has 6 bridgehead atoms. The van der Waals surface area contributed by atoms with Gasteiger partial charge >= 0.3 is 0 Å². The van der Waals surface area contributed by atoms with Gasteiger partial charge in [-0.25, -0.2) is 0 Å². The summed E-state index contributed by atoms with van der Waals surface area (Å²) in [6.45, 7) is 52.5. The maximum Gasteiger partial charge on any atom is -0.0114 e. The van der Waals surface area contributed by atoms with Crippen LogP contribution in [0.2, 0.25) is 0 Å². The topological polar surface area (TPSA) is 0 Å². The molecule has 8 aromatic rings. The highest BCUT2D eigenvalue weighted by Gasteiger charge is 2.27. The lowest BCUT2D eigenvalue weighted by atomic mass is 9.83. The number of fused-ring (bicyclic) bond motifs is 6. The van der Waals surface area contributed by atoms with Crippen molar-refractivity contribution in [3.63, 3.8) is 0 Å². The number of hydrogen-bond donors (Lipinski definition) is 0. The lowest BCUT2D eigenvalue weighted by Gasteiger charge is -2.21. The number of hydrogen-bond acceptors (Lipinski definition) is 0. The van der Waals surface area contributed by atoms with E-state index in [1.807, 2.05) is 55.4 Å². The Morgan fingerprint density at radius 1 is 0.218 bits per heavy atom. The minimum Gasteiger partial charge on any atom is -0.0683 e. The van der Waals surface area contributed by atoms with Crippen molar-refractivity contribution < 1.29 is 0 Å². The summed E-state index contributed by atoms with van der Waals surface area (Å²) in [4.78, 5) is 0. The van der Waals surface area contributed by atoms with Gasteiger partial charge in [-0.3, -0.25) is 0 Å². The maximum atomic E-state index is 2.52. The molecule has 0 saturated heterocycles. The van der Waals surface area contributed by atoms with E-state index in [-0.39, 0.29) is 0 Å². The third kappa shape index (κ3) is 11.4. The van der Waals surface area contributed by atoms with Crippen LogP contribution in [0.5, 0.6) is 0 Å². The van der Waals surface area contributed by atoms with Crippen LogP contribution in [-0.4, -0.2) is 0 Å². The lowest BCUT2D eigenvalue weighted by molar-refractivity contribution is 1.02. The van der Waals surface area contributed by atoms with Gasteiger partial charge in [0.2, 0.25) is 0 Å². The molecule has 78 heavy (non-hydrogen) atoms. The van der Waals surface area contributed by atoms with Crippen LogP contribution in [0.3, 0.4) is 0 Å². The zero-order valence-electron chi connectivity index (χ0n) is 53.3. The van der Waals surface area contributed by atoms with E-state index in [2.05, 4.69) is 196 Å². The Morgan fingerprint density at radius 2 is 0.628 bits per heavy atom. The van der Waals surface area contributed by atoms with Crippen LogP contribution in [0.1, 0.15) is 178 Å². The minimum absolute atomic E-state index is 1.13. The number of rotatable bonds is 6. The molecule has 3 aliphatic carbocycles. The third-order valence-electron chi connectivity index (χ3n) is 17.7. The van der Waals surface area contributed by atoms with Crippen LogP contribution >= 0.6 is 0 Å². The molecular weight excluding hydrogens is 937 g/mol. The van der Waals surface area contributed by atoms with Gasteiger partial charge in [-0.05, 0) is 333 Å². The maximum absolute atomic E-state index is 2.52. The van der Waals surface area contributed by atoms with Crippen LogP contribution < -0.4 is 0 Å². The Morgan fingerprint density at radius 3 is 1.15 bits per heavy atom. The summed E-state index contributed by atoms with van der Waals surface area (Å²) < 4.78 is 0. The summed E-state index contributed by atoms with van der Waals surface area (Å²) in [5.74, 6) is 0. The van der Waals surface area contributed by atoms with Gasteiger partial charge in [0.15, 0.2) is 0 Å². The van der Waals surface area contributed by atoms with Crippen molar-refractivity contribution in [3.05, 3.63) is 207 Å². The molecule has 0 heterocycles. The highest BCUT2D eigenvalue weighted by molar-refractivity contribution is 5.88. The van der Waals surface area contributed by atoms with Gasteiger partial charge in [-0.1, -0.05) is 146 Å². The fourth-order valence-corrected chi connectivity index (χ4v) is 13.0. The summed E-state index contributed by atoms with van der Waals surface area (Å²) >= 11 is 0. The Hall–Kier alpha value is -6.24. The second-order valence-corrected chi connectivity index (χ2v) is 22.2. The van der Waals surface area contributed by atoms with Crippen molar-refractivity contribution in [1.29, 1.82) is 0 Å². The Balaban J connectivity index is 0.000000315. The van der Waals surface area contributed by atoms with Crippen molar-refractivity contribution in [3.8, 4) is 66.8 Å². The van der Waals surface area contributed by atoms with Crippen LogP contribution in [0.15, 0.2) is 84.9 Å². The van der Waals surface area contributed by atoms with Gasteiger partial charge in [0.25, 0.3) is 0 Å². The molecule has 11 rings (SSSR count). The molecule has 0 spiro atoms. The summed E-state index contributed by atoms with van der Waals surface area (Å²) in [7, 11) is 0. The third-order valence-corrected chi connectivity index (χ3v) is 17.7. The quantitative estimate of drug-likeness (QED) is 0.156. The molecule has 0 aliphatic heterocycles. The second kappa shape index (κ2) is 25.7. The van der Waals surface area contributed by atoms with Gasteiger partial charge < -0.3 is 0 Å². The SMILES string of the molecule is CC.CC.CC.CC.Cc1cc(C)c(C)c(-c2c3cc(-c4cc(C)c(-c5cc(C)c(-c6cc(C)c(-c7c8cc(C)c(C)c7CC8)cc6C)cc5C)cc4C)c(C)c2CC3)c1.Cc1ccc(-c2cc3cc(c2C)CC3)c(C)c1C. The van der Waals surface area contributed by atoms with E-state index in [1.165, 1.54) is 198 Å². The molecule has 0 N–H and O–H groups in total. The van der Waals surface area contributed by atoms with Gasteiger partial charge in [-0.2, -0.15) is 0 Å². The molecule has 0 atom stereocenters. The highest BCUT2D eigenvalue weighted by atomic mass is 14.3. The molecule has 0 aromatic heterocycles. The summed E-state index contributed by atoms with van der Waals surface area (Å²) in [5.41, 5.74) is 48.4. The van der Waals surface area contributed by atoms with E-state index in [0.717, 1.165) is 12.8 Å². The van der Waals surface area contributed by atoms with Crippen molar-refractivity contribution in [1.82, 2.24) is 0 Å². The molecule has 0 fully saturated rings. The predicted octanol–water partition coefficient (Wildman–Crippen LogP) is 22.7. The Bertz CT molecular complexity index is 3520. The average molecular weight is 1040 g/mol. The second-order valence-electron chi connectivity index (χ2n) is 22.2. The first-order valence-electron chi connectivity index (χ1n) is 30.2. The van der Waals surface area contributed by atoms with Crippen molar-refractivity contribution in [2.45, 2.75) is 205 Å². The Kier molecular flexibility index (Phi) is 20.1. The molecule has 8 aromatic carbocycles. The average Bonchev–Trinajstić information content (AvgIpc) is 4.22. The van der Waals surface area contributed by atoms with Crippen LogP contribution in [0, 0.1) is 111 Å². The first-order valence-corrected chi connectivity index (χ1v) is 30.2. The number of benzene rings is 8. The molecule has 3 aliphatic rings. The Labute approximate surface area is 476 Å². The predicted molar refractivity (Wildman–Crippen MR) is 349 cm³/mol. The molecule has 0 unspecified atom stereocenters. The molecule has 0 saturated carbocycles. The first-order chi connectivity index (χ1) is 37.3. The summed E-state index contributed by atoms with van der Waals surface area (Å²) in [6.07, 6.45) is 7.06. The minimum atomic E-state index is 1.13. The van der Waals surface area contributed by atoms with Gasteiger partial charge in [0, 0.05) is 0 Å². The van der Waals surface area contributed by atoms with Crippen molar-refractivity contribution in [2.75, 3.05) is 0 Å². The molecule has 0 heteroatoms.